The molecule has 1 aromatic carbocycles. The molecule has 1 amide bonds. The second-order valence-electron chi connectivity index (χ2n) is 7.08. The fourth-order valence-electron chi connectivity index (χ4n) is 3.40. The molecule has 0 aliphatic carbocycles. The Bertz CT molecular complexity index is 807. The smallest absolute Gasteiger partial charge is 0.398 e. The summed E-state index contributed by atoms with van der Waals surface area (Å²) in [4.78, 5) is 16.7. The van der Waals surface area contributed by atoms with Crippen molar-refractivity contribution < 1.29 is 18.0 Å². The zero-order valence-electron chi connectivity index (χ0n) is 15.7. The Hall–Kier alpha value is -2.55. The van der Waals surface area contributed by atoms with E-state index in [4.69, 9.17) is 5.73 Å². The highest BCUT2D eigenvalue weighted by Gasteiger charge is 2.35. The van der Waals surface area contributed by atoms with E-state index < -0.39 is 17.8 Å². The fraction of sp³-hybridized carbons (Fsp3) is 0.474. The molecule has 1 aliphatic heterocycles. The van der Waals surface area contributed by atoms with E-state index in [0.717, 1.165) is 43.1 Å². The van der Waals surface area contributed by atoms with Crippen LogP contribution >= 0.6 is 0 Å². The molecule has 2 heterocycles. The first-order valence-corrected chi connectivity index (χ1v) is 9.24. The molecule has 6 nitrogen and oxygen atoms in total. The Labute approximate surface area is 161 Å². The molecule has 0 saturated carbocycles. The number of nitrogen functional groups attached to an aromatic ring is 1. The second-order valence-corrected chi connectivity index (χ2v) is 7.08. The Morgan fingerprint density at radius 3 is 2.64 bits per heavy atom. The standard InChI is InChI=1S/C19H24F3N5O/c1-13-5-4-6-15(23)14(13)12-27(10-9-26-7-2-3-8-26)18(28)16-11-17(25-24-16)19(20,21)22/h4-6,11H,2-3,7-10,12,23H2,1H3,(H,24,25). The number of nitrogens with one attached hydrogen (secondary N) is 1. The molecule has 3 rings (SSSR count). The number of H-pyrrole nitrogens is 1. The average Bonchev–Trinajstić information content (AvgIpc) is 3.31. The van der Waals surface area contributed by atoms with Crippen LogP contribution in [0, 0.1) is 6.92 Å². The molecule has 0 bridgehead atoms. The van der Waals surface area contributed by atoms with Gasteiger partial charge in [0.15, 0.2) is 5.69 Å². The highest BCUT2D eigenvalue weighted by atomic mass is 19.4. The van der Waals surface area contributed by atoms with Crippen LogP contribution in [-0.4, -0.2) is 52.1 Å². The molecule has 1 saturated heterocycles. The number of hydrogen-bond acceptors (Lipinski definition) is 4. The van der Waals surface area contributed by atoms with Gasteiger partial charge in [-0.15, -0.1) is 0 Å². The summed E-state index contributed by atoms with van der Waals surface area (Å²) in [6.07, 6.45) is -2.36. The molecule has 1 aliphatic rings. The van der Waals surface area contributed by atoms with Crippen LogP contribution in [0.4, 0.5) is 18.9 Å². The Balaban J connectivity index is 1.82. The van der Waals surface area contributed by atoms with E-state index >= 15 is 0 Å². The number of aromatic amines is 1. The van der Waals surface area contributed by atoms with E-state index in [1.807, 2.05) is 19.1 Å². The van der Waals surface area contributed by atoms with Crippen molar-refractivity contribution in [2.75, 3.05) is 31.9 Å². The van der Waals surface area contributed by atoms with Crippen LogP contribution in [0.1, 0.15) is 40.2 Å². The molecule has 9 heteroatoms. The van der Waals surface area contributed by atoms with Crippen molar-refractivity contribution in [1.29, 1.82) is 0 Å². The number of likely N-dealkylation sites (tertiary alicyclic amines) is 1. The summed E-state index contributed by atoms with van der Waals surface area (Å²) >= 11 is 0. The second kappa shape index (κ2) is 8.22. The van der Waals surface area contributed by atoms with E-state index in [1.54, 1.807) is 6.07 Å². The number of aromatic nitrogens is 2. The molecular weight excluding hydrogens is 371 g/mol. The predicted octanol–water partition coefficient (Wildman–Crippen LogP) is 3.06. The molecule has 0 unspecified atom stereocenters. The summed E-state index contributed by atoms with van der Waals surface area (Å²) < 4.78 is 38.5. The number of rotatable bonds is 6. The lowest BCUT2D eigenvalue weighted by molar-refractivity contribution is -0.141. The first-order valence-electron chi connectivity index (χ1n) is 9.24. The molecule has 1 aromatic heterocycles. The number of halogens is 3. The summed E-state index contributed by atoms with van der Waals surface area (Å²) in [5.74, 6) is -0.523. The normalized spacial score (nSPS) is 15.1. The molecule has 0 atom stereocenters. The van der Waals surface area contributed by atoms with Gasteiger partial charge in [-0.3, -0.25) is 9.89 Å². The number of carbonyl (C=O) groups is 1. The van der Waals surface area contributed by atoms with E-state index in [0.29, 0.717) is 18.8 Å². The Kier molecular flexibility index (Phi) is 5.93. The molecule has 1 fully saturated rings. The third kappa shape index (κ3) is 4.64. The zero-order valence-corrected chi connectivity index (χ0v) is 15.7. The van der Waals surface area contributed by atoms with Crippen molar-refractivity contribution in [3.63, 3.8) is 0 Å². The third-order valence-corrected chi connectivity index (χ3v) is 5.07. The van der Waals surface area contributed by atoms with Crippen molar-refractivity contribution in [3.8, 4) is 0 Å². The van der Waals surface area contributed by atoms with Gasteiger partial charge in [0.05, 0.1) is 0 Å². The Morgan fingerprint density at radius 2 is 2.04 bits per heavy atom. The summed E-state index contributed by atoms with van der Waals surface area (Å²) in [5.41, 5.74) is 7.07. The minimum Gasteiger partial charge on any atom is -0.398 e. The van der Waals surface area contributed by atoms with Crippen molar-refractivity contribution in [1.82, 2.24) is 20.0 Å². The number of benzene rings is 1. The quantitative estimate of drug-likeness (QED) is 0.737. The minimum atomic E-state index is -4.60. The minimum absolute atomic E-state index is 0.180. The predicted molar refractivity (Wildman–Crippen MR) is 99.6 cm³/mol. The largest absolute Gasteiger partial charge is 0.435 e. The Morgan fingerprint density at radius 1 is 1.32 bits per heavy atom. The van der Waals surface area contributed by atoms with Gasteiger partial charge in [-0.2, -0.15) is 18.3 Å². The number of hydrogen-bond donors (Lipinski definition) is 2. The first-order chi connectivity index (χ1) is 13.3. The number of aryl methyl sites for hydroxylation is 1. The SMILES string of the molecule is Cc1cccc(N)c1CN(CCN1CCCC1)C(=O)c1cc(C(F)(F)F)n[nH]1. The monoisotopic (exact) mass is 395 g/mol. The van der Waals surface area contributed by atoms with Crippen LogP contribution < -0.4 is 5.73 Å². The summed E-state index contributed by atoms with van der Waals surface area (Å²) in [5, 5.41) is 5.47. The third-order valence-electron chi connectivity index (χ3n) is 5.07. The first kappa shape index (κ1) is 20.2. The fourth-order valence-corrected chi connectivity index (χ4v) is 3.40. The van der Waals surface area contributed by atoms with Crippen LogP contribution in [-0.2, 0) is 12.7 Å². The lowest BCUT2D eigenvalue weighted by Gasteiger charge is -2.26. The molecule has 0 radical (unpaired) electrons. The zero-order chi connectivity index (χ0) is 20.3. The van der Waals surface area contributed by atoms with Gasteiger partial charge in [0.1, 0.15) is 5.69 Å². The molecule has 3 N–H and O–H groups in total. The van der Waals surface area contributed by atoms with E-state index in [1.165, 1.54) is 4.90 Å². The van der Waals surface area contributed by atoms with Gasteiger partial charge in [0.2, 0.25) is 0 Å². The van der Waals surface area contributed by atoms with Gasteiger partial charge >= 0.3 is 6.18 Å². The van der Waals surface area contributed by atoms with Gasteiger partial charge in [-0.1, -0.05) is 12.1 Å². The van der Waals surface area contributed by atoms with Crippen LogP contribution in [0.25, 0.3) is 0 Å². The van der Waals surface area contributed by atoms with Crippen LogP contribution in [0.15, 0.2) is 24.3 Å². The van der Waals surface area contributed by atoms with Gasteiger partial charge in [0, 0.05) is 31.4 Å². The van der Waals surface area contributed by atoms with Crippen molar-refractivity contribution >= 4 is 11.6 Å². The molecule has 0 spiro atoms. The van der Waals surface area contributed by atoms with E-state index in [9.17, 15) is 18.0 Å². The maximum atomic E-state index is 12.9. The summed E-state index contributed by atoms with van der Waals surface area (Å²) in [7, 11) is 0. The van der Waals surface area contributed by atoms with Crippen LogP contribution in [0.2, 0.25) is 0 Å². The lowest BCUT2D eigenvalue weighted by atomic mass is 10.1. The number of anilines is 1. The molecular formula is C19H24F3N5O. The average molecular weight is 395 g/mol. The molecule has 2 aromatic rings. The van der Waals surface area contributed by atoms with Gasteiger partial charge in [0.25, 0.3) is 5.91 Å². The number of nitrogens with zero attached hydrogens (tertiary/aromatic N) is 3. The van der Waals surface area contributed by atoms with Gasteiger partial charge in [-0.25, -0.2) is 0 Å². The summed E-state index contributed by atoms with van der Waals surface area (Å²) in [6, 6.07) is 6.23. The maximum absolute atomic E-state index is 12.9. The number of nitrogens with two attached hydrogens (primary N) is 1. The van der Waals surface area contributed by atoms with Crippen molar-refractivity contribution in [2.24, 2.45) is 0 Å². The number of carbonyl (C=O) groups excluding carboxylic acids is 1. The van der Waals surface area contributed by atoms with E-state index in [-0.39, 0.29) is 12.2 Å². The number of amides is 1. The van der Waals surface area contributed by atoms with Crippen molar-refractivity contribution in [3.05, 3.63) is 46.8 Å². The van der Waals surface area contributed by atoms with Crippen LogP contribution in [0.5, 0.6) is 0 Å². The van der Waals surface area contributed by atoms with Crippen molar-refractivity contribution in [2.45, 2.75) is 32.5 Å². The highest BCUT2D eigenvalue weighted by Crippen LogP contribution is 2.28. The lowest BCUT2D eigenvalue weighted by Crippen LogP contribution is -2.38. The maximum Gasteiger partial charge on any atom is 0.435 e. The molecule has 28 heavy (non-hydrogen) atoms. The van der Waals surface area contributed by atoms with E-state index in [2.05, 4.69) is 15.1 Å². The molecule has 152 valence electrons. The topological polar surface area (TPSA) is 78.2 Å². The highest BCUT2D eigenvalue weighted by molar-refractivity contribution is 5.92. The van der Waals surface area contributed by atoms with Gasteiger partial charge in [-0.05, 0) is 50.0 Å². The van der Waals surface area contributed by atoms with Crippen LogP contribution in [0.3, 0.4) is 0 Å². The van der Waals surface area contributed by atoms with Gasteiger partial charge < -0.3 is 15.5 Å². The number of alkyl halides is 3. The summed E-state index contributed by atoms with van der Waals surface area (Å²) in [6.45, 7) is 5.12.